The summed E-state index contributed by atoms with van der Waals surface area (Å²) in [5, 5.41) is 0. The molecule has 1 aliphatic carbocycles. The van der Waals surface area contributed by atoms with Crippen molar-refractivity contribution in [2.75, 3.05) is 6.54 Å². The number of hydrogen-bond donors (Lipinski definition) is 1. The Kier molecular flexibility index (Phi) is 3.33. The van der Waals surface area contributed by atoms with Gasteiger partial charge in [0.15, 0.2) is 0 Å². The van der Waals surface area contributed by atoms with E-state index in [9.17, 15) is 0 Å². The summed E-state index contributed by atoms with van der Waals surface area (Å²) in [6.45, 7) is 5.42. The number of rotatable bonds is 5. The quantitative estimate of drug-likeness (QED) is 0.626. The molecule has 0 bridgehead atoms. The van der Waals surface area contributed by atoms with E-state index in [-0.39, 0.29) is 0 Å². The lowest BCUT2D eigenvalue weighted by Gasteiger charge is -2.07. The van der Waals surface area contributed by atoms with Crippen LogP contribution in [-0.2, 0) is 0 Å². The van der Waals surface area contributed by atoms with Crippen molar-refractivity contribution in [3.63, 3.8) is 0 Å². The van der Waals surface area contributed by atoms with Crippen LogP contribution in [0.1, 0.15) is 39.5 Å². The van der Waals surface area contributed by atoms with Gasteiger partial charge in [0.1, 0.15) is 0 Å². The minimum atomic E-state index is 0.602. The molecular weight excluding hydrogens is 146 g/mol. The first kappa shape index (κ1) is 9.79. The van der Waals surface area contributed by atoms with Crippen LogP contribution in [0.3, 0.4) is 0 Å². The van der Waals surface area contributed by atoms with Crippen LogP contribution in [0.15, 0.2) is 12.2 Å². The predicted molar refractivity (Wildman–Crippen MR) is 53.9 cm³/mol. The van der Waals surface area contributed by atoms with Crippen LogP contribution in [0.4, 0.5) is 0 Å². The molecule has 0 spiro atoms. The maximum absolute atomic E-state index is 5.49. The Morgan fingerprint density at radius 1 is 1.58 bits per heavy atom. The monoisotopic (exact) mass is 167 g/mol. The molecule has 0 aliphatic heterocycles. The van der Waals surface area contributed by atoms with Gasteiger partial charge in [0, 0.05) is 0 Å². The summed E-state index contributed by atoms with van der Waals surface area (Å²) in [5.41, 5.74) is 6.09. The number of allylic oxidation sites excluding steroid dienone is 2. The molecule has 1 saturated carbocycles. The third-order valence-corrected chi connectivity index (χ3v) is 2.98. The highest BCUT2D eigenvalue weighted by Crippen LogP contribution is 2.56. The molecule has 1 nitrogen and oxygen atoms in total. The van der Waals surface area contributed by atoms with Crippen LogP contribution in [0.2, 0.25) is 0 Å². The molecule has 1 rings (SSSR count). The topological polar surface area (TPSA) is 26.0 Å². The molecule has 2 atom stereocenters. The van der Waals surface area contributed by atoms with Gasteiger partial charge in [-0.3, -0.25) is 0 Å². The highest BCUT2D eigenvalue weighted by molar-refractivity contribution is 5.09. The number of nitrogens with two attached hydrogens (primary N) is 1. The molecule has 0 amide bonds. The lowest BCUT2D eigenvalue weighted by atomic mass is 9.99. The summed E-state index contributed by atoms with van der Waals surface area (Å²) < 4.78 is 0. The van der Waals surface area contributed by atoms with E-state index in [1.807, 2.05) is 0 Å². The molecule has 1 unspecified atom stereocenters. The third kappa shape index (κ3) is 2.34. The van der Waals surface area contributed by atoms with Crippen LogP contribution in [-0.4, -0.2) is 6.54 Å². The molecular formula is C11H21N. The molecule has 12 heavy (non-hydrogen) atoms. The van der Waals surface area contributed by atoms with Crippen LogP contribution < -0.4 is 5.73 Å². The summed E-state index contributed by atoms with van der Waals surface area (Å²) in [6.07, 6.45) is 9.72. The molecule has 0 saturated heterocycles. The molecule has 0 radical (unpaired) electrons. The molecule has 1 aliphatic rings. The summed E-state index contributed by atoms with van der Waals surface area (Å²) in [5.74, 6) is 0.851. The number of hydrogen-bond acceptors (Lipinski definition) is 1. The molecule has 1 heteroatoms. The van der Waals surface area contributed by atoms with Crippen LogP contribution >= 0.6 is 0 Å². The molecule has 0 aromatic heterocycles. The van der Waals surface area contributed by atoms with Gasteiger partial charge in [0.05, 0.1) is 0 Å². The fraction of sp³-hybridized carbons (Fsp3) is 0.818. The van der Waals surface area contributed by atoms with Crippen LogP contribution in [0.5, 0.6) is 0 Å². The van der Waals surface area contributed by atoms with Gasteiger partial charge in [0.25, 0.3) is 0 Å². The first-order valence-electron chi connectivity index (χ1n) is 5.09. The second-order valence-corrected chi connectivity index (χ2v) is 4.19. The largest absolute Gasteiger partial charge is 0.330 e. The lowest BCUT2D eigenvalue weighted by Crippen LogP contribution is -2.04. The van der Waals surface area contributed by atoms with E-state index in [4.69, 9.17) is 5.73 Å². The van der Waals surface area contributed by atoms with E-state index < -0.39 is 0 Å². The van der Waals surface area contributed by atoms with Crippen molar-refractivity contribution in [3.05, 3.63) is 12.2 Å². The second kappa shape index (κ2) is 4.08. The van der Waals surface area contributed by atoms with Crippen molar-refractivity contribution >= 4 is 0 Å². The molecule has 70 valence electrons. The lowest BCUT2D eigenvalue weighted by molar-refractivity contribution is 0.473. The summed E-state index contributed by atoms with van der Waals surface area (Å²) in [7, 11) is 0. The fourth-order valence-corrected chi connectivity index (χ4v) is 1.84. The van der Waals surface area contributed by atoms with E-state index in [1.165, 1.54) is 25.7 Å². The average Bonchev–Trinajstić information content (AvgIpc) is 2.71. The van der Waals surface area contributed by atoms with Crippen molar-refractivity contribution in [1.29, 1.82) is 0 Å². The first-order valence-corrected chi connectivity index (χ1v) is 5.09. The Hall–Kier alpha value is -0.300. The molecule has 0 aromatic carbocycles. The van der Waals surface area contributed by atoms with Crippen molar-refractivity contribution in [1.82, 2.24) is 0 Å². The van der Waals surface area contributed by atoms with Gasteiger partial charge in [-0.15, -0.1) is 0 Å². The summed E-state index contributed by atoms with van der Waals surface area (Å²) >= 11 is 0. The molecule has 0 aromatic rings. The van der Waals surface area contributed by atoms with Crippen molar-refractivity contribution in [3.8, 4) is 0 Å². The second-order valence-electron chi connectivity index (χ2n) is 4.19. The normalized spacial score (nSPS) is 34.4. The standard InChI is InChI=1S/C11H21N/c1-3-4-6-10-9-11(10,2)7-5-8-12/h4,6,10H,3,5,7-9,12H2,1-2H3/b6-4+/t10?,11-/m0/s1. The smallest absolute Gasteiger partial charge is 0.00771 e. The van der Waals surface area contributed by atoms with Gasteiger partial charge in [-0.2, -0.15) is 0 Å². The van der Waals surface area contributed by atoms with E-state index in [0.717, 1.165) is 12.5 Å². The van der Waals surface area contributed by atoms with Gasteiger partial charge in [-0.05, 0) is 43.6 Å². The SMILES string of the molecule is CC/C=C/C1C[C@]1(C)CCCN. The Bertz CT molecular complexity index is 162. The van der Waals surface area contributed by atoms with Crippen LogP contribution in [0, 0.1) is 11.3 Å². The third-order valence-electron chi connectivity index (χ3n) is 2.98. The van der Waals surface area contributed by atoms with Crippen molar-refractivity contribution in [2.24, 2.45) is 17.1 Å². The van der Waals surface area contributed by atoms with Gasteiger partial charge in [-0.25, -0.2) is 0 Å². The van der Waals surface area contributed by atoms with E-state index in [0.29, 0.717) is 5.41 Å². The van der Waals surface area contributed by atoms with Crippen LogP contribution in [0.25, 0.3) is 0 Å². The Morgan fingerprint density at radius 2 is 2.33 bits per heavy atom. The minimum absolute atomic E-state index is 0.602. The maximum atomic E-state index is 5.49. The Balaban J connectivity index is 2.23. The maximum Gasteiger partial charge on any atom is -0.00771 e. The molecule has 0 heterocycles. The van der Waals surface area contributed by atoms with E-state index >= 15 is 0 Å². The van der Waals surface area contributed by atoms with E-state index in [1.54, 1.807) is 0 Å². The van der Waals surface area contributed by atoms with Gasteiger partial charge >= 0.3 is 0 Å². The predicted octanol–water partition coefficient (Wildman–Crippen LogP) is 2.72. The zero-order chi connectivity index (χ0) is 9.03. The van der Waals surface area contributed by atoms with Gasteiger partial charge in [0.2, 0.25) is 0 Å². The highest BCUT2D eigenvalue weighted by Gasteiger charge is 2.46. The van der Waals surface area contributed by atoms with Gasteiger partial charge < -0.3 is 5.73 Å². The van der Waals surface area contributed by atoms with Crippen molar-refractivity contribution in [2.45, 2.75) is 39.5 Å². The minimum Gasteiger partial charge on any atom is -0.330 e. The summed E-state index contributed by atoms with van der Waals surface area (Å²) in [6, 6.07) is 0. The zero-order valence-corrected chi connectivity index (χ0v) is 8.34. The van der Waals surface area contributed by atoms with Crippen molar-refractivity contribution < 1.29 is 0 Å². The molecule has 2 N–H and O–H groups in total. The van der Waals surface area contributed by atoms with E-state index in [2.05, 4.69) is 26.0 Å². The Morgan fingerprint density at radius 3 is 2.92 bits per heavy atom. The first-order chi connectivity index (χ1) is 5.73. The fourth-order valence-electron chi connectivity index (χ4n) is 1.84. The summed E-state index contributed by atoms with van der Waals surface area (Å²) in [4.78, 5) is 0. The van der Waals surface area contributed by atoms with Gasteiger partial charge in [-0.1, -0.05) is 26.0 Å². The Labute approximate surface area is 76.0 Å². The average molecular weight is 167 g/mol. The molecule has 1 fully saturated rings. The zero-order valence-electron chi connectivity index (χ0n) is 8.34. The highest BCUT2D eigenvalue weighted by atomic mass is 14.6.